The fourth-order valence-corrected chi connectivity index (χ4v) is 0.327. The van der Waals surface area contributed by atoms with Gasteiger partial charge in [0.1, 0.15) is 5.83 Å². The summed E-state index contributed by atoms with van der Waals surface area (Å²) in [5.74, 6) is -0.160. The van der Waals surface area contributed by atoms with E-state index in [1.54, 1.807) is 13.0 Å². The Morgan fingerprint density at radius 2 is 2.25 bits per heavy atom. The largest absolute Gasteiger partial charge is 0.207 e. The Morgan fingerprint density at radius 1 is 1.62 bits per heavy atom. The van der Waals surface area contributed by atoms with E-state index < -0.39 is 0 Å². The van der Waals surface area contributed by atoms with Crippen LogP contribution >= 0.6 is 0 Å². The van der Waals surface area contributed by atoms with Crippen LogP contribution in [0.1, 0.15) is 20.3 Å². The minimum absolute atomic E-state index is 0.160. The van der Waals surface area contributed by atoms with Gasteiger partial charge in [0.15, 0.2) is 0 Å². The van der Waals surface area contributed by atoms with Crippen molar-refractivity contribution in [2.75, 3.05) is 0 Å². The maximum atomic E-state index is 12.1. The third kappa shape index (κ3) is 3.59. The quantitative estimate of drug-likeness (QED) is 0.484. The van der Waals surface area contributed by atoms with Crippen LogP contribution in [0.5, 0.6) is 0 Å². The average molecular weight is 114 g/mol. The summed E-state index contributed by atoms with van der Waals surface area (Å²) < 4.78 is 12.1. The summed E-state index contributed by atoms with van der Waals surface area (Å²) in [7, 11) is 0. The summed E-state index contributed by atoms with van der Waals surface area (Å²) in [6, 6.07) is 0. The molecule has 0 rings (SSSR count). The van der Waals surface area contributed by atoms with Gasteiger partial charge in [-0.05, 0) is 19.4 Å². The Morgan fingerprint density at radius 3 is 2.62 bits per heavy atom. The Kier molecular flexibility index (Phi) is 4.23. The SMILES string of the molecule is CC=C(F)C=CCC. The normalized spacial score (nSPS) is 13.1. The van der Waals surface area contributed by atoms with Crippen molar-refractivity contribution >= 4 is 0 Å². The highest BCUT2D eigenvalue weighted by Crippen LogP contribution is 1.97. The first-order chi connectivity index (χ1) is 3.81. The molecule has 0 aliphatic carbocycles. The van der Waals surface area contributed by atoms with E-state index in [1.807, 2.05) is 6.92 Å². The predicted molar refractivity (Wildman–Crippen MR) is 34.3 cm³/mol. The maximum Gasteiger partial charge on any atom is 0.118 e. The molecule has 46 valence electrons. The molecule has 0 aliphatic heterocycles. The molecular weight excluding hydrogens is 103 g/mol. The molecule has 0 aromatic heterocycles. The lowest BCUT2D eigenvalue weighted by Gasteiger charge is -1.79. The van der Waals surface area contributed by atoms with Gasteiger partial charge in [-0.15, -0.1) is 0 Å². The van der Waals surface area contributed by atoms with Crippen LogP contribution in [0.4, 0.5) is 4.39 Å². The molecule has 0 aliphatic rings. The molecule has 0 unspecified atom stereocenters. The second-order valence-electron chi connectivity index (χ2n) is 1.48. The van der Waals surface area contributed by atoms with E-state index in [-0.39, 0.29) is 5.83 Å². The minimum atomic E-state index is -0.160. The van der Waals surface area contributed by atoms with Crippen LogP contribution in [0.15, 0.2) is 24.1 Å². The molecule has 0 heterocycles. The molecule has 0 aromatic rings. The monoisotopic (exact) mass is 114 g/mol. The lowest BCUT2D eigenvalue weighted by atomic mass is 10.4. The topological polar surface area (TPSA) is 0 Å². The van der Waals surface area contributed by atoms with Gasteiger partial charge in [0, 0.05) is 0 Å². The summed E-state index contributed by atoms with van der Waals surface area (Å²) in [6.45, 7) is 3.65. The lowest BCUT2D eigenvalue weighted by Crippen LogP contribution is -1.60. The van der Waals surface area contributed by atoms with Crippen LogP contribution < -0.4 is 0 Å². The number of hydrogen-bond donors (Lipinski definition) is 0. The zero-order valence-electron chi connectivity index (χ0n) is 5.32. The summed E-state index contributed by atoms with van der Waals surface area (Å²) >= 11 is 0. The van der Waals surface area contributed by atoms with Crippen molar-refractivity contribution in [3.05, 3.63) is 24.1 Å². The average Bonchev–Trinajstić information content (AvgIpc) is 1.83. The van der Waals surface area contributed by atoms with Crippen molar-refractivity contribution in [3.8, 4) is 0 Å². The Hall–Kier alpha value is -0.590. The molecule has 0 radical (unpaired) electrons. The van der Waals surface area contributed by atoms with Gasteiger partial charge in [-0.25, -0.2) is 4.39 Å². The molecule has 0 nitrogen and oxygen atoms in total. The van der Waals surface area contributed by atoms with Crippen molar-refractivity contribution in [3.63, 3.8) is 0 Å². The first-order valence-corrected chi connectivity index (χ1v) is 2.79. The van der Waals surface area contributed by atoms with E-state index in [9.17, 15) is 4.39 Å². The number of rotatable bonds is 2. The van der Waals surface area contributed by atoms with Gasteiger partial charge in [0.2, 0.25) is 0 Å². The maximum absolute atomic E-state index is 12.1. The third-order valence-corrected chi connectivity index (χ3v) is 0.789. The third-order valence-electron chi connectivity index (χ3n) is 0.789. The van der Waals surface area contributed by atoms with Gasteiger partial charge >= 0.3 is 0 Å². The number of allylic oxidation sites excluding steroid dienone is 4. The van der Waals surface area contributed by atoms with Gasteiger partial charge in [-0.3, -0.25) is 0 Å². The lowest BCUT2D eigenvalue weighted by molar-refractivity contribution is 0.664. The summed E-state index contributed by atoms with van der Waals surface area (Å²) in [4.78, 5) is 0. The molecule has 0 amide bonds. The van der Waals surface area contributed by atoms with Crippen molar-refractivity contribution in [2.45, 2.75) is 20.3 Å². The van der Waals surface area contributed by atoms with Gasteiger partial charge < -0.3 is 0 Å². The highest BCUT2D eigenvalue weighted by Gasteiger charge is 1.77. The van der Waals surface area contributed by atoms with E-state index in [0.717, 1.165) is 6.42 Å². The molecular formula is C7H11F. The molecule has 0 fully saturated rings. The van der Waals surface area contributed by atoms with Crippen molar-refractivity contribution in [1.82, 2.24) is 0 Å². The van der Waals surface area contributed by atoms with Crippen LogP contribution in [0, 0.1) is 0 Å². The zero-order valence-corrected chi connectivity index (χ0v) is 5.32. The number of hydrogen-bond acceptors (Lipinski definition) is 0. The molecule has 0 bridgehead atoms. The minimum Gasteiger partial charge on any atom is -0.207 e. The first-order valence-electron chi connectivity index (χ1n) is 2.79. The molecule has 0 N–H and O–H groups in total. The molecule has 1 heteroatoms. The highest BCUT2D eigenvalue weighted by molar-refractivity contribution is 5.08. The summed E-state index contributed by atoms with van der Waals surface area (Å²) in [6.07, 6.45) is 5.59. The second kappa shape index (κ2) is 4.57. The highest BCUT2D eigenvalue weighted by atomic mass is 19.1. The molecule has 0 spiro atoms. The molecule has 0 saturated heterocycles. The molecule has 0 saturated carbocycles. The van der Waals surface area contributed by atoms with Crippen LogP contribution in [-0.2, 0) is 0 Å². The Bertz CT molecular complexity index is 101. The fourth-order valence-electron chi connectivity index (χ4n) is 0.327. The van der Waals surface area contributed by atoms with Crippen LogP contribution in [0.3, 0.4) is 0 Å². The summed E-state index contributed by atoms with van der Waals surface area (Å²) in [5.41, 5.74) is 0. The van der Waals surface area contributed by atoms with Gasteiger partial charge in [-0.1, -0.05) is 19.1 Å². The van der Waals surface area contributed by atoms with E-state index in [1.165, 1.54) is 12.2 Å². The summed E-state index contributed by atoms with van der Waals surface area (Å²) in [5, 5.41) is 0. The van der Waals surface area contributed by atoms with Crippen molar-refractivity contribution in [2.24, 2.45) is 0 Å². The zero-order chi connectivity index (χ0) is 6.41. The van der Waals surface area contributed by atoms with Crippen LogP contribution in [0.2, 0.25) is 0 Å². The molecule has 0 atom stereocenters. The van der Waals surface area contributed by atoms with E-state index in [4.69, 9.17) is 0 Å². The molecule has 0 aromatic carbocycles. The van der Waals surface area contributed by atoms with Gasteiger partial charge in [0.25, 0.3) is 0 Å². The smallest absolute Gasteiger partial charge is 0.118 e. The first kappa shape index (κ1) is 7.41. The van der Waals surface area contributed by atoms with E-state index >= 15 is 0 Å². The fraction of sp³-hybridized carbons (Fsp3) is 0.429. The Labute approximate surface area is 49.7 Å². The van der Waals surface area contributed by atoms with Crippen LogP contribution in [-0.4, -0.2) is 0 Å². The van der Waals surface area contributed by atoms with Gasteiger partial charge in [-0.2, -0.15) is 0 Å². The second-order valence-corrected chi connectivity index (χ2v) is 1.48. The van der Waals surface area contributed by atoms with Crippen molar-refractivity contribution < 1.29 is 4.39 Å². The van der Waals surface area contributed by atoms with E-state index in [0.29, 0.717) is 0 Å². The number of halogens is 1. The van der Waals surface area contributed by atoms with E-state index in [2.05, 4.69) is 0 Å². The molecule has 8 heavy (non-hydrogen) atoms. The predicted octanol–water partition coefficient (Wildman–Crippen LogP) is 2.83. The van der Waals surface area contributed by atoms with Crippen LogP contribution in [0.25, 0.3) is 0 Å². The van der Waals surface area contributed by atoms with Gasteiger partial charge in [0.05, 0.1) is 0 Å². The Balaban J connectivity index is 3.53. The standard InChI is InChI=1S/C7H11F/c1-3-5-6-7(8)4-2/h4-6H,3H2,1-2H3. The van der Waals surface area contributed by atoms with Crippen molar-refractivity contribution in [1.29, 1.82) is 0 Å².